The molecule has 0 saturated heterocycles. The first-order valence-electron chi connectivity index (χ1n) is 3.29. The van der Waals surface area contributed by atoms with Gasteiger partial charge < -0.3 is 4.55 Å². The molecule has 11 heavy (non-hydrogen) atoms. The van der Waals surface area contributed by atoms with Crippen LogP contribution in [0.4, 0.5) is 0 Å². The molecule has 0 amide bonds. The van der Waals surface area contributed by atoms with Gasteiger partial charge in [-0.2, -0.15) is 0 Å². The second-order valence-electron chi connectivity index (χ2n) is 2.50. The zero-order valence-electron chi connectivity index (χ0n) is 6.50. The van der Waals surface area contributed by atoms with Gasteiger partial charge in [-0.1, -0.05) is 6.07 Å². The Labute approximate surface area is 68.5 Å². The van der Waals surface area contributed by atoms with E-state index in [-0.39, 0.29) is 0 Å². The minimum absolute atomic E-state index is 0.466. The van der Waals surface area contributed by atoms with Crippen molar-refractivity contribution < 1.29 is 8.76 Å². The standard InChI is InChI=1S/C8H10O2S/c1-6-3-4-8(11(9)10)5-7(6)2/h3-5H,1-2H3,(H,9,10). The average molecular weight is 170 g/mol. The number of hydrogen-bond acceptors (Lipinski definition) is 1. The van der Waals surface area contributed by atoms with Gasteiger partial charge in [-0.3, -0.25) is 0 Å². The lowest BCUT2D eigenvalue weighted by molar-refractivity contribution is 0.564. The molecule has 0 fully saturated rings. The molecule has 2 nitrogen and oxygen atoms in total. The lowest BCUT2D eigenvalue weighted by Gasteiger charge is -2.00. The van der Waals surface area contributed by atoms with Crippen molar-refractivity contribution in [3.63, 3.8) is 0 Å². The van der Waals surface area contributed by atoms with E-state index in [1.165, 1.54) is 0 Å². The Balaban J connectivity index is 3.15. The molecule has 0 heterocycles. The van der Waals surface area contributed by atoms with Crippen LogP contribution in [0.2, 0.25) is 0 Å². The van der Waals surface area contributed by atoms with Crippen molar-refractivity contribution in [3.05, 3.63) is 29.3 Å². The Morgan fingerprint density at radius 1 is 1.27 bits per heavy atom. The Kier molecular flexibility index (Phi) is 2.42. The highest BCUT2D eigenvalue weighted by atomic mass is 32.2. The molecule has 60 valence electrons. The van der Waals surface area contributed by atoms with E-state index in [1.807, 2.05) is 19.9 Å². The molecule has 0 saturated carbocycles. The predicted octanol–water partition coefficient (Wildman–Crippen LogP) is 1.88. The van der Waals surface area contributed by atoms with E-state index in [0.29, 0.717) is 4.90 Å². The van der Waals surface area contributed by atoms with Crippen LogP contribution in [0.1, 0.15) is 11.1 Å². The maximum absolute atomic E-state index is 10.6. The largest absolute Gasteiger partial charge is 0.302 e. The van der Waals surface area contributed by atoms with Crippen LogP contribution in [-0.2, 0) is 11.1 Å². The fourth-order valence-corrected chi connectivity index (χ4v) is 1.28. The van der Waals surface area contributed by atoms with Crippen LogP contribution in [0, 0.1) is 13.8 Å². The van der Waals surface area contributed by atoms with Crippen molar-refractivity contribution in [2.75, 3.05) is 0 Å². The molecule has 0 spiro atoms. The second-order valence-corrected chi connectivity index (χ2v) is 3.46. The van der Waals surface area contributed by atoms with Crippen LogP contribution >= 0.6 is 0 Å². The number of hydrogen-bond donors (Lipinski definition) is 1. The molecular weight excluding hydrogens is 160 g/mol. The predicted molar refractivity (Wildman–Crippen MR) is 45.0 cm³/mol. The minimum Gasteiger partial charge on any atom is -0.302 e. The van der Waals surface area contributed by atoms with Crippen molar-refractivity contribution in [2.45, 2.75) is 18.7 Å². The number of benzene rings is 1. The highest BCUT2D eigenvalue weighted by Gasteiger charge is 1.99. The van der Waals surface area contributed by atoms with Gasteiger partial charge in [0.1, 0.15) is 0 Å². The molecule has 0 aliphatic carbocycles. The van der Waals surface area contributed by atoms with E-state index >= 15 is 0 Å². The van der Waals surface area contributed by atoms with Crippen molar-refractivity contribution >= 4 is 11.1 Å². The molecule has 1 aromatic carbocycles. The molecule has 1 aromatic rings. The first-order chi connectivity index (χ1) is 5.11. The summed E-state index contributed by atoms with van der Waals surface area (Å²) in [5.41, 5.74) is 2.18. The van der Waals surface area contributed by atoms with E-state index in [9.17, 15) is 4.21 Å². The molecule has 0 radical (unpaired) electrons. The van der Waals surface area contributed by atoms with Crippen LogP contribution in [0.3, 0.4) is 0 Å². The maximum Gasteiger partial charge on any atom is 0.186 e. The van der Waals surface area contributed by atoms with Gasteiger partial charge in [-0.15, -0.1) is 0 Å². The van der Waals surface area contributed by atoms with Gasteiger partial charge in [0.25, 0.3) is 0 Å². The summed E-state index contributed by atoms with van der Waals surface area (Å²) in [6.45, 7) is 3.89. The van der Waals surface area contributed by atoms with Crippen LogP contribution in [-0.4, -0.2) is 8.76 Å². The summed E-state index contributed by atoms with van der Waals surface area (Å²) >= 11 is -1.85. The SMILES string of the molecule is Cc1ccc(S(=O)O)cc1C. The van der Waals surface area contributed by atoms with Gasteiger partial charge in [0, 0.05) is 0 Å². The zero-order valence-corrected chi connectivity index (χ0v) is 7.31. The summed E-state index contributed by atoms with van der Waals surface area (Å²) in [6.07, 6.45) is 0. The lowest BCUT2D eigenvalue weighted by Crippen LogP contribution is -1.90. The molecule has 1 N–H and O–H groups in total. The third kappa shape index (κ3) is 1.88. The average Bonchev–Trinajstić information content (AvgIpc) is 1.94. The minimum atomic E-state index is -1.85. The van der Waals surface area contributed by atoms with Gasteiger partial charge in [-0.05, 0) is 37.1 Å². The highest BCUT2D eigenvalue weighted by molar-refractivity contribution is 7.79. The molecule has 0 aliphatic rings. The third-order valence-electron chi connectivity index (χ3n) is 1.68. The van der Waals surface area contributed by atoms with Crippen molar-refractivity contribution in [3.8, 4) is 0 Å². The molecule has 3 heteroatoms. The van der Waals surface area contributed by atoms with Crippen LogP contribution in [0.25, 0.3) is 0 Å². The fourth-order valence-electron chi connectivity index (χ4n) is 0.823. The summed E-state index contributed by atoms with van der Waals surface area (Å²) in [5.74, 6) is 0. The zero-order chi connectivity index (χ0) is 8.43. The third-order valence-corrected chi connectivity index (χ3v) is 2.34. The molecule has 0 aromatic heterocycles. The van der Waals surface area contributed by atoms with E-state index in [2.05, 4.69) is 0 Å². The molecule has 1 atom stereocenters. The Morgan fingerprint density at radius 3 is 2.36 bits per heavy atom. The molecule has 1 unspecified atom stereocenters. The van der Waals surface area contributed by atoms with Crippen molar-refractivity contribution in [1.82, 2.24) is 0 Å². The summed E-state index contributed by atoms with van der Waals surface area (Å²) in [6, 6.07) is 5.24. The van der Waals surface area contributed by atoms with Crippen LogP contribution < -0.4 is 0 Å². The van der Waals surface area contributed by atoms with Crippen molar-refractivity contribution in [2.24, 2.45) is 0 Å². The first kappa shape index (κ1) is 8.43. The highest BCUT2D eigenvalue weighted by Crippen LogP contribution is 2.11. The van der Waals surface area contributed by atoms with E-state index in [1.54, 1.807) is 12.1 Å². The Hall–Kier alpha value is -0.670. The van der Waals surface area contributed by atoms with Gasteiger partial charge >= 0.3 is 0 Å². The lowest BCUT2D eigenvalue weighted by atomic mass is 10.1. The fraction of sp³-hybridized carbons (Fsp3) is 0.250. The van der Waals surface area contributed by atoms with E-state index in [4.69, 9.17) is 4.55 Å². The van der Waals surface area contributed by atoms with Gasteiger partial charge in [-0.25, -0.2) is 4.21 Å². The van der Waals surface area contributed by atoms with E-state index < -0.39 is 11.1 Å². The quantitative estimate of drug-likeness (QED) is 0.653. The second kappa shape index (κ2) is 3.15. The molecule has 0 bridgehead atoms. The summed E-state index contributed by atoms with van der Waals surface area (Å²) in [5, 5.41) is 0. The smallest absolute Gasteiger partial charge is 0.186 e. The molecule has 0 aliphatic heterocycles. The topological polar surface area (TPSA) is 37.3 Å². The summed E-state index contributed by atoms with van der Waals surface area (Å²) < 4.78 is 19.3. The van der Waals surface area contributed by atoms with Gasteiger partial charge in [0.2, 0.25) is 0 Å². The van der Waals surface area contributed by atoms with Gasteiger partial charge in [0.05, 0.1) is 4.90 Å². The Morgan fingerprint density at radius 2 is 1.91 bits per heavy atom. The van der Waals surface area contributed by atoms with Crippen LogP contribution in [0.15, 0.2) is 23.1 Å². The number of rotatable bonds is 1. The van der Waals surface area contributed by atoms with E-state index in [0.717, 1.165) is 11.1 Å². The summed E-state index contributed by atoms with van der Waals surface area (Å²) in [7, 11) is 0. The first-order valence-corrected chi connectivity index (χ1v) is 4.40. The molecular formula is C8H10O2S. The van der Waals surface area contributed by atoms with Crippen molar-refractivity contribution in [1.29, 1.82) is 0 Å². The van der Waals surface area contributed by atoms with Crippen LogP contribution in [0.5, 0.6) is 0 Å². The number of aryl methyl sites for hydroxylation is 2. The van der Waals surface area contributed by atoms with Gasteiger partial charge in [0.15, 0.2) is 11.1 Å². The Bertz CT molecular complexity index is 294. The summed E-state index contributed by atoms with van der Waals surface area (Å²) in [4.78, 5) is 0.466. The monoisotopic (exact) mass is 170 g/mol. The normalized spacial score (nSPS) is 13.0. The molecule has 1 rings (SSSR count). The maximum atomic E-state index is 10.6.